The second kappa shape index (κ2) is 9.83. The van der Waals surface area contributed by atoms with Crippen molar-refractivity contribution in [3.05, 3.63) is 64.4 Å². The van der Waals surface area contributed by atoms with Crippen LogP contribution < -0.4 is 11.1 Å². The van der Waals surface area contributed by atoms with E-state index in [2.05, 4.69) is 40.3 Å². The first-order valence-corrected chi connectivity index (χ1v) is 11.9. The number of hydrogen-bond donors (Lipinski definition) is 3. The van der Waals surface area contributed by atoms with E-state index in [1.165, 1.54) is 10.6 Å². The molecule has 4 N–H and O–H groups in total. The zero-order valence-corrected chi connectivity index (χ0v) is 19.5. The lowest BCUT2D eigenvalue weighted by molar-refractivity contribution is 0.143. The molecule has 4 rings (SSSR count). The Morgan fingerprint density at radius 3 is 2.75 bits per heavy atom. The average molecular weight is 447 g/mol. The van der Waals surface area contributed by atoms with Gasteiger partial charge in [-0.25, -0.2) is 9.97 Å². The summed E-state index contributed by atoms with van der Waals surface area (Å²) in [4.78, 5) is 10.3. The van der Waals surface area contributed by atoms with E-state index in [4.69, 9.17) is 10.7 Å². The average Bonchev–Trinajstić information content (AvgIpc) is 3.28. The van der Waals surface area contributed by atoms with Crippen LogP contribution in [0, 0.1) is 11.8 Å². The van der Waals surface area contributed by atoms with Crippen molar-refractivity contribution in [1.82, 2.24) is 15.3 Å². The predicted octanol–water partition coefficient (Wildman–Crippen LogP) is 4.16. The molecule has 0 bridgehead atoms. The molecule has 1 saturated heterocycles. The fraction of sp³-hybridized carbons (Fsp3) is 0.385. The highest BCUT2D eigenvalue weighted by Gasteiger charge is 2.19. The summed E-state index contributed by atoms with van der Waals surface area (Å²) in [6, 6.07) is 10.3. The van der Waals surface area contributed by atoms with Crippen LogP contribution in [0.2, 0.25) is 0 Å². The normalized spacial score (nSPS) is 14.7. The number of nitrogens with one attached hydrogen (secondary N) is 1. The van der Waals surface area contributed by atoms with Gasteiger partial charge in [-0.2, -0.15) is 0 Å². The van der Waals surface area contributed by atoms with E-state index in [0.717, 1.165) is 60.3 Å². The van der Waals surface area contributed by atoms with Crippen molar-refractivity contribution in [2.45, 2.75) is 51.0 Å². The Balaban J connectivity index is 1.47. The number of thiazole rings is 1. The van der Waals surface area contributed by atoms with Gasteiger partial charge in [0.1, 0.15) is 11.4 Å². The van der Waals surface area contributed by atoms with Gasteiger partial charge in [0.25, 0.3) is 0 Å². The quantitative estimate of drug-likeness (QED) is 0.513. The Morgan fingerprint density at radius 1 is 1.16 bits per heavy atom. The van der Waals surface area contributed by atoms with Gasteiger partial charge in [0.2, 0.25) is 0 Å². The van der Waals surface area contributed by atoms with E-state index in [1.54, 1.807) is 25.2 Å². The number of benzene rings is 1. The van der Waals surface area contributed by atoms with Crippen LogP contribution in [-0.2, 0) is 12.8 Å². The van der Waals surface area contributed by atoms with Crippen LogP contribution in [0.25, 0.3) is 10.4 Å². The van der Waals surface area contributed by atoms with Gasteiger partial charge >= 0.3 is 0 Å². The summed E-state index contributed by atoms with van der Waals surface area (Å²) in [7, 11) is 0. The Kier molecular flexibility index (Phi) is 6.90. The van der Waals surface area contributed by atoms with E-state index < -0.39 is 5.60 Å². The molecule has 0 radical (unpaired) electrons. The fourth-order valence-corrected chi connectivity index (χ4v) is 4.91. The summed E-state index contributed by atoms with van der Waals surface area (Å²) in [5.74, 6) is 7.05. The number of nitrogens with zero attached hydrogens (tertiary/aromatic N) is 2. The topological polar surface area (TPSA) is 84.1 Å². The number of pyridine rings is 1. The van der Waals surface area contributed by atoms with Crippen LogP contribution in [0.1, 0.15) is 54.3 Å². The minimum atomic E-state index is -0.999. The van der Waals surface area contributed by atoms with Gasteiger partial charge in [-0.3, -0.25) is 0 Å². The highest BCUT2D eigenvalue weighted by molar-refractivity contribution is 7.15. The largest absolute Gasteiger partial charge is 0.383 e. The summed E-state index contributed by atoms with van der Waals surface area (Å²) in [5, 5.41) is 14.5. The highest BCUT2D eigenvalue weighted by atomic mass is 32.1. The second-order valence-corrected chi connectivity index (χ2v) is 9.93. The standard InChI is InChI=1S/C26H30N4OS/c1-26(2,31)11-8-19-5-3-4-18(14-19)6-7-21-15-22(16-29-24(21)27)23-17-30-25(32-23)20-9-12-28-13-10-20/h3-5,14-17,20,28,31H,6-7,9-10,12-13H2,1-2H3,(H2,27,29). The fourth-order valence-electron chi connectivity index (χ4n) is 3.84. The Hall–Kier alpha value is -2.72. The molecule has 0 spiro atoms. The van der Waals surface area contributed by atoms with Crippen LogP contribution >= 0.6 is 11.3 Å². The Morgan fingerprint density at radius 2 is 1.97 bits per heavy atom. The van der Waals surface area contributed by atoms with Gasteiger partial charge < -0.3 is 16.2 Å². The van der Waals surface area contributed by atoms with Crippen LogP contribution in [0.4, 0.5) is 5.82 Å². The summed E-state index contributed by atoms with van der Waals surface area (Å²) in [6.45, 7) is 5.51. The third-order valence-corrected chi connectivity index (χ3v) is 6.83. The molecule has 1 aromatic carbocycles. The number of piperidine rings is 1. The monoisotopic (exact) mass is 446 g/mol. The van der Waals surface area contributed by atoms with E-state index in [1.807, 2.05) is 24.5 Å². The highest BCUT2D eigenvalue weighted by Crippen LogP contribution is 2.34. The van der Waals surface area contributed by atoms with Crippen LogP contribution in [0.5, 0.6) is 0 Å². The second-order valence-electron chi connectivity index (χ2n) is 8.86. The molecule has 0 amide bonds. The van der Waals surface area contributed by atoms with E-state index in [0.29, 0.717) is 11.7 Å². The molecule has 166 valence electrons. The van der Waals surface area contributed by atoms with Gasteiger partial charge in [0.15, 0.2) is 0 Å². The third-order valence-electron chi connectivity index (χ3n) is 5.62. The lowest BCUT2D eigenvalue weighted by Gasteiger charge is -2.20. The first-order valence-electron chi connectivity index (χ1n) is 11.1. The van der Waals surface area contributed by atoms with Gasteiger partial charge in [0.05, 0.1) is 9.88 Å². The molecule has 1 aliphatic rings. The van der Waals surface area contributed by atoms with Crippen molar-refractivity contribution >= 4 is 17.2 Å². The molecule has 5 nitrogen and oxygen atoms in total. The molecular formula is C26H30N4OS. The molecule has 6 heteroatoms. The van der Waals surface area contributed by atoms with Crippen LogP contribution in [0.3, 0.4) is 0 Å². The van der Waals surface area contributed by atoms with Crippen molar-refractivity contribution in [3.8, 4) is 22.3 Å². The molecular weight excluding hydrogens is 416 g/mol. The summed E-state index contributed by atoms with van der Waals surface area (Å²) >= 11 is 1.78. The maximum Gasteiger partial charge on any atom is 0.126 e. The predicted molar refractivity (Wildman–Crippen MR) is 132 cm³/mol. The molecule has 0 unspecified atom stereocenters. The molecule has 1 aliphatic heterocycles. The van der Waals surface area contributed by atoms with Crippen LogP contribution in [0.15, 0.2) is 42.7 Å². The molecule has 0 aliphatic carbocycles. The summed E-state index contributed by atoms with van der Waals surface area (Å²) < 4.78 is 0. The van der Waals surface area contributed by atoms with E-state index in [9.17, 15) is 5.11 Å². The SMILES string of the molecule is CC(C)(O)C#Cc1cccc(CCc2cc(-c3cnc(C4CCNCC4)s3)cnc2N)c1. The number of aryl methyl sites for hydroxylation is 2. The maximum atomic E-state index is 9.83. The number of nitrogen functional groups attached to an aromatic ring is 1. The van der Waals surface area contributed by atoms with Gasteiger partial charge in [-0.15, -0.1) is 11.3 Å². The van der Waals surface area contributed by atoms with Crippen molar-refractivity contribution in [2.75, 3.05) is 18.8 Å². The van der Waals surface area contributed by atoms with Gasteiger partial charge in [0, 0.05) is 29.4 Å². The zero-order valence-electron chi connectivity index (χ0n) is 18.7. The number of aliphatic hydroxyl groups is 1. The van der Waals surface area contributed by atoms with Crippen molar-refractivity contribution in [3.63, 3.8) is 0 Å². The zero-order chi connectivity index (χ0) is 22.6. The third kappa shape index (κ3) is 5.95. The minimum Gasteiger partial charge on any atom is -0.383 e. The lowest BCUT2D eigenvalue weighted by atomic mass is 9.99. The first-order chi connectivity index (χ1) is 15.4. The molecule has 2 aromatic heterocycles. The number of aromatic nitrogens is 2. The van der Waals surface area contributed by atoms with Crippen LogP contribution in [-0.4, -0.2) is 33.8 Å². The first kappa shape index (κ1) is 22.5. The van der Waals surface area contributed by atoms with Crippen molar-refractivity contribution in [1.29, 1.82) is 0 Å². The molecule has 0 saturated carbocycles. The number of hydrogen-bond acceptors (Lipinski definition) is 6. The van der Waals surface area contributed by atoms with Gasteiger partial charge in [-0.1, -0.05) is 24.0 Å². The van der Waals surface area contributed by atoms with Crippen molar-refractivity contribution < 1.29 is 5.11 Å². The maximum absolute atomic E-state index is 9.83. The molecule has 32 heavy (non-hydrogen) atoms. The summed E-state index contributed by atoms with van der Waals surface area (Å²) in [6.07, 6.45) is 7.77. The van der Waals surface area contributed by atoms with E-state index in [-0.39, 0.29) is 0 Å². The molecule has 3 aromatic rings. The lowest BCUT2D eigenvalue weighted by Crippen LogP contribution is -2.26. The molecule has 3 heterocycles. The number of anilines is 1. The number of rotatable bonds is 5. The summed E-state index contributed by atoms with van der Waals surface area (Å²) in [5.41, 5.74) is 9.41. The molecule has 1 fully saturated rings. The van der Waals surface area contributed by atoms with Gasteiger partial charge in [-0.05, 0) is 81.9 Å². The van der Waals surface area contributed by atoms with Crippen molar-refractivity contribution in [2.24, 2.45) is 0 Å². The minimum absolute atomic E-state index is 0.558. The van der Waals surface area contributed by atoms with E-state index >= 15 is 0 Å². The molecule has 0 atom stereocenters. The Labute approximate surface area is 194 Å². The number of nitrogens with two attached hydrogens (primary N) is 1. The smallest absolute Gasteiger partial charge is 0.126 e. The Bertz CT molecular complexity index is 1130.